The summed E-state index contributed by atoms with van der Waals surface area (Å²) < 4.78 is 27.6. The third-order valence-corrected chi connectivity index (χ3v) is 5.23. The van der Waals surface area contributed by atoms with E-state index in [1.54, 1.807) is 11.4 Å². The normalized spacial score (nSPS) is 18.7. The molecule has 1 aliphatic rings. The van der Waals surface area contributed by atoms with Crippen molar-refractivity contribution in [2.24, 2.45) is 0 Å². The van der Waals surface area contributed by atoms with Crippen LogP contribution in [0.1, 0.15) is 39.5 Å². The second-order valence-electron chi connectivity index (χ2n) is 5.25. The van der Waals surface area contributed by atoms with Crippen LogP contribution >= 0.6 is 0 Å². The van der Waals surface area contributed by atoms with Crippen molar-refractivity contribution in [1.82, 2.24) is 13.9 Å². The van der Waals surface area contributed by atoms with Crippen LogP contribution in [-0.4, -0.2) is 56.3 Å². The SMILES string of the molecule is CC(C)NCCCN(C)S(=O)(=O)N1CCCCC1. The lowest BCUT2D eigenvalue weighted by Gasteiger charge is -2.30. The molecular weight excluding hydrogens is 250 g/mol. The Morgan fingerprint density at radius 2 is 1.83 bits per heavy atom. The molecule has 1 saturated heterocycles. The molecule has 108 valence electrons. The lowest BCUT2D eigenvalue weighted by Crippen LogP contribution is -2.45. The molecule has 1 aliphatic heterocycles. The lowest BCUT2D eigenvalue weighted by molar-refractivity contribution is 0.314. The first-order valence-electron chi connectivity index (χ1n) is 6.89. The van der Waals surface area contributed by atoms with Crippen LogP contribution in [0.15, 0.2) is 0 Å². The van der Waals surface area contributed by atoms with Gasteiger partial charge < -0.3 is 5.32 Å². The molecule has 6 heteroatoms. The van der Waals surface area contributed by atoms with E-state index in [1.165, 1.54) is 4.31 Å². The number of nitrogens with zero attached hydrogens (tertiary/aromatic N) is 2. The summed E-state index contributed by atoms with van der Waals surface area (Å²) in [6, 6.07) is 0.453. The van der Waals surface area contributed by atoms with E-state index >= 15 is 0 Å². The fourth-order valence-corrected chi connectivity index (χ4v) is 3.57. The largest absolute Gasteiger partial charge is 0.314 e. The molecule has 0 amide bonds. The molecule has 0 spiro atoms. The van der Waals surface area contributed by atoms with E-state index in [9.17, 15) is 8.42 Å². The molecule has 0 aromatic carbocycles. The zero-order chi connectivity index (χ0) is 13.6. The van der Waals surface area contributed by atoms with Crippen LogP contribution in [0.2, 0.25) is 0 Å². The Hall–Kier alpha value is -0.170. The molecular formula is C12H27N3O2S. The number of hydrogen-bond donors (Lipinski definition) is 1. The molecule has 0 aromatic heterocycles. The van der Waals surface area contributed by atoms with E-state index in [1.807, 2.05) is 0 Å². The monoisotopic (exact) mass is 277 g/mol. The van der Waals surface area contributed by atoms with Gasteiger partial charge in [0.25, 0.3) is 10.2 Å². The maximum absolute atomic E-state index is 12.2. The molecule has 18 heavy (non-hydrogen) atoms. The first-order chi connectivity index (χ1) is 8.44. The summed E-state index contributed by atoms with van der Waals surface area (Å²) in [5.74, 6) is 0. The summed E-state index contributed by atoms with van der Waals surface area (Å²) in [6.07, 6.45) is 3.97. The van der Waals surface area contributed by atoms with Crippen LogP contribution < -0.4 is 5.32 Å². The minimum Gasteiger partial charge on any atom is -0.314 e. The molecule has 5 nitrogen and oxygen atoms in total. The van der Waals surface area contributed by atoms with Gasteiger partial charge >= 0.3 is 0 Å². The maximum Gasteiger partial charge on any atom is 0.281 e. The molecule has 0 unspecified atom stereocenters. The molecule has 1 heterocycles. The lowest BCUT2D eigenvalue weighted by atomic mass is 10.2. The Labute approximate surface area is 112 Å². The fraction of sp³-hybridized carbons (Fsp3) is 1.00. The van der Waals surface area contributed by atoms with Gasteiger partial charge in [0.05, 0.1) is 0 Å². The fourth-order valence-electron chi connectivity index (χ4n) is 2.10. The summed E-state index contributed by atoms with van der Waals surface area (Å²) in [6.45, 7) is 6.98. The van der Waals surface area contributed by atoms with Crippen LogP contribution in [-0.2, 0) is 10.2 Å². The number of hydrogen-bond acceptors (Lipinski definition) is 3. The van der Waals surface area contributed by atoms with E-state index in [0.717, 1.165) is 32.2 Å². The van der Waals surface area contributed by atoms with E-state index in [2.05, 4.69) is 19.2 Å². The van der Waals surface area contributed by atoms with E-state index in [0.29, 0.717) is 25.7 Å². The average Bonchev–Trinajstić information content (AvgIpc) is 2.35. The molecule has 0 atom stereocenters. The smallest absolute Gasteiger partial charge is 0.281 e. The third-order valence-electron chi connectivity index (χ3n) is 3.24. The quantitative estimate of drug-likeness (QED) is 0.707. The van der Waals surface area contributed by atoms with Crippen molar-refractivity contribution in [3.8, 4) is 0 Å². The van der Waals surface area contributed by atoms with Gasteiger partial charge in [0, 0.05) is 32.7 Å². The molecule has 1 fully saturated rings. The van der Waals surface area contributed by atoms with Gasteiger partial charge in [-0.25, -0.2) is 0 Å². The van der Waals surface area contributed by atoms with Crippen molar-refractivity contribution in [2.45, 2.75) is 45.6 Å². The zero-order valence-corrected chi connectivity index (χ0v) is 12.7. The Balaban J connectivity index is 2.36. The predicted octanol–water partition coefficient (Wildman–Crippen LogP) is 1.04. The molecule has 0 saturated carbocycles. The van der Waals surface area contributed by atoms with Crippen molar-refractivity contribution in [3.63, 3.8) is 0 Å². The van der Waals surface area contributed by atoms with Gasteiger partial charge in [0.15, 0.2) is 0 Å². The van der Waals surface area contributed by atoms with Crippen LogP contribution in [0.5, 0.6) is 0 Å². The van der Waals surface area contributed by atoms with Crippen molar-refractivity contribution in [2.75, 3.05) is 33.2 Å². The van der Waals surface area contributed by atoms with Gasteiger partial charge in [-0.2, -0.15) is 17.0 Å². The number of piperidine rings is 1. The molecule has 0 bridgehead atoms. The summed E-state index contributed by atoms with van der Waals surface area (Å²) in [7, 11) is -1.54. The highest BCUT2D eigenvalue weighted by Gasteiger charge is 2.27. The predicted molar refractivity (Wildman–Crippen MR) is 74.7 cm³/mol. The van der Waals surface area contributed by atoms with Crippen LogP contribution in [0.4, 0.5) is 0 Å². The molecule has 0 aliphatic carbocycles. The van der Waals surface area contributed by atoms with E-state index < -0.39 is 10.2 Å². The number of nitrogens with one attached hydrogen (secondary N) is 1. The van der Waals surface area contributed by atoms with E-state index in [4.69, 9.17) is 0 Å². The van der Waals surface area contributed by atoms with Gasteiger partial charge in [-0.3, -0.25) is 0 Å². The highest BCUT2D eigenvalue weighted by atomic mass is 32.2. The van der Waals surface area contributed by atoms with Gasteiger partial charge in [-0.05, 0) is 25.8 Å². The van der Waals surface area contributed by atoms with Crippen LogP contribution in [0, 0.1) is 0 Å². The summed E-state index contributed by atoms with van der Waals surface area (Å²) in [5, 5.41) is 3.30. The molecule has 1 N–H and O–H groups in total. The van der Waals surface area contributed by atoms with Crippen LogP contribution in [0.3, 0.4) is 0 Å². The van der Waals surface area contributed by atoms with Gasteiger partial charge in [0.2, 0.25) is 0 Å². The average molecular weight is 277 g/mol. The topological polar surface area (TPSA) is 52.7 Å². The zero-order valence-electron chi connectivity index (χ0n) is 11.9. The summed E-state index contributed by atoms with van der Waals surface area (Å²) in [5.41, 5.74) is 0. The second kappa shape index (κ2) is 7.43. The first-order valence-corrected chi connectivity index (χ1v) is 8.29. The van der Waals surface area contributed by atoms with Crippen molar-refractivity contribution in [3.05, 3.63) is 0 Å². The first kappa shape index (κ1) is 15.9. The highest BCUT2D eigenvalue weighted by molar-refractivity contribution is 7.86. The standard InChI is InChI=1S/C12H27N3O2S/c1-12(2)13-8-7-9-14(3)18(16,17)15-10-5-4-6-11-15/h12-13H,4-11H2,1-3H3. The Morgan fingerprint density at radius 1 is 1.22 bits per heavy atom. The number of rotatable bonds is 7. The van der Waals surface area contributed by atoms with E-state index in [-0.39, 0.29) is 0 Å². The van der Waals surface area contributed by atoms with Gasteiger partial charge in [-0.15, -0.1) is 0 Å². The molecule has 0 aromatic rings. The third kappa shape index (κ3) is 4.84. The van der Waals surface area contributed by atoms with Crippen molar-refractivity contribution in [1.29, 1.82) is 0 Å². The summed E-state index contributed by atoms with van der Waals surface area (Å²) >= 11 is 0. The highest BCUT2D eigenvalue weighted by Crippen LogP contribution is 2.15. The minimum atomic E-state index is -3.22. The second-order valence-corrected chi connectivity index (χ2v) is 7.29. The maximum atomic E-state index is 12.2. The van der Waals surface area contributed by atoms with Gasteiger partial charge in [-0.1, -0.05) is 20.3 Å². The summed E-state index contributed by atoms with van der Waals surface area (Å²) in [4.78, 5) is 0. The molecule has 1 rings (SSSR count). The Kier molecular flexibility index (Phi) is 6.55. The van der Waals surface area contributed by atoms with Crippen LogP contribution in [0.25, 0.3) is 0 Å². The molecule has 0 radical (unpaired) electrons. The Morgan fingerprint density at radius 3 is 2.39 bits per heavy atom. The minimum absolute atomic E-state index is 0.453. The van der Waals surface area contributed by atoms with Gasteiger partial charge in [0.1, 0.15) is 0 Å². The van der Waals surface area contributed by atoms with Crippen molar-refractivity contribution < 1.29 is 8.42 Å². The Bertz CT molecular complexity index is 324. The van der Waals surface area contributed by atoms with Crippen molar-refractivity contribution >= 4 is 10.2 Å².